The standard InChI is InChI=1S/C16H16FNO2.4H2/c1-2-12(18)11-8-9-13(19)14(15(11)17)16(20)10-6-4-3-5-7-10;;;;/h3-9,12,19H,2,18H2,1H3;4*1H/t12-;;;;/m1..../s1. The van der Waals surface area contributed by atoms with Gasteiger partial charge < -0.3 is 10.8 Å². The normalized spacial score (nSPS) is 12.2. The fraction of sp³-hybridized carbons (Fsp3) is 0.188. The number of halogens is 1. The van der Waals surface area contributed by atoms with Crippen LogP contribution in [0.1, 0.15) is 46.6 Å². The van der Waals surface area contributed by atoms with E-state index in [0.29, 0.717) is 12.0 Å². The highest BCUT2D eigenvalue weighted by Crippen LogP contribution is 2.29. The summed E-state index contributed by atoms with van der Waals surface area (Å²) in [5.74, 6) is -1.66. The molecule has 0 aliphatic carbocycles. The van der Waals surface area contributed by atoms with Gasteiger partial charge in [-0.2, -0.15) is 0 Å². The molecule has 0 fully saturated rings. The van der Waals surface area contributed by atoms with E-state index >= 15 is 0 Å². The average Bonchev–Trinajstić information content (AvgIpc) is 2.47. The first-order valence-electron chi connectivity index (χ1n) is 6.43. The van der Waals surface area contributed by atoms with Crippen LogP contribution in [0.2, 0.25) is 0 Å². The van der Waals surface area contributed by atoms with Crippen LogP contribution in [0.5, 0.6) is 5.75 Å². The Bertz CT molecular complexity index is 641. The number of phenolic OH excluding ortho intramolecular Hbond substituents is 1. The molecule has 2 rings (SSSR count). The lowest BCUT2D eigenvalue weighted by atomic mass is 9.96. The van der Waals surface area contributed by atoms with Gasteiger partial charge in [0.05, 0.1) is 0 Å². The van der Waals surface area contributed by atoms with Crippen molar-refractivity contribution >= 4 is 5.78 Å². The number of rotatable bonds is 4. The third-order valence-electron chi connectivity index (χ3n) is 3.25. The second kappa shape index (κ2) is 5.84. The lowest BCUT2D eigenvalue weighted by Crippen LogP contribution is -2.14. The number of carbonyl (C=O) groups excluding carboxylic acids is 1. The lowest BCUT2D eigenvalue weighted by Gasteiger charge is -2.14. The Morgan fingerprint density at radius 1 is 1.30 bits per heavy atom. The van der Waals surface area contributed by atoms with Gasteiger partial charge in [-0.05, 0) is 12.5 Å². The molecule has 0 radical (unpaired) electrons. The molecule has 112 valence electrons. The summed E-state index contributed by atoms with van der Waals surface area (Å²) in [6.45, 7) is 1.83. The van der Waals surface area contributed by atoms with E-state index in [1.165, 1.54) is 12.1 Å². The largest absolute Gasteiger partial charge is 0.507 e. The minimum Gasteiger partial charge on any atom is -0.507 e. The molecule has 0 spiro atoms. The van der Waals surface area contributed by atoms with E-state index in [1.54, 1.807) is 30.3 Å². The average molecular weight is 281 g/mol. The molecule has 0 saturated carbocycles. The fourth-order valence-electron chi connectivity index (χ4n) is 2.04. The topological polar surface area (TPSA) is 63.3 Å². The molecule has 0 amide bonds. The quantitative estimate of drug-likeness (QED) is 0.827. The molecule has 0 saturated heterocycles. The summed E-state index contributed by atoms with van der Waals surface area (Å²) < 4.78 is 14.4. The molecular formula is C16H24FNO2. The van der Waals surface area contributed by atoms with Gasteiger partial charge in [-0.15, -0.1) is 0 Å². The van der Waals surface area contributed by atoms with Crippen molar-refractivity contribution in [1.29, 1.82) is 0 Å². The molecule has 2 aromatic rings. The Balaban J connectivity index is -0.00000110. The van der Waals surface area contributed by atoms with Crippen molar-refractivity contribution in [3.63, 3.8) is 0 Å². The molecule has 0 aliphatic rings. The first-order valence-corrected chi connectivity index (χ1v) is 6.43. The number of phenols is 1. The molecule has 4 heteroatoms. The van der Waals surface area contributed by atoms with Crippen LogP contribution < -0.4 is 5.73 Å². The Kier molecular flexibility index (Phi) is 4.15. The van der Waals surface area contributed by atoms with Gasteiger partial charge in [-0.25, -0.2) is 4.39 Å². The van der Waals surface area contributed by atoms with Crippen molar-refractivity contribution in [2.75, 3.05) is 0 Å². The predicted octanol–water partition coefficient (Wildman–Crippen LogP) is 4.16. The molecule has 1 atom stereocenters. The van der Waals surface area contributed by atoms with Crippen LogP contribution in [0.3, 0.4) is 0 Å². The zero-order valence-corrected chi connectivity index (χ0v) is 11.1. The van der Waals surface area contributed by atoms with Crippen molar-refractivity contribution in [2.24, 2.45) is 5.73 Å². The third-order valence-corrected chi connectivity index (χ3v) is 3.25. The molecule has 0 aromatic heterocycles. The maximum atomic E-state index is 14.4. The molecule has 3 nitrogen and oxygen atoms in total. The van der Waals surface area contributed by atoms with Gasteiger partial charge in [0.15, 0.2) is 5.78 Å². The van der Waals surface area contributed by atoms with Crippen LogP contribution in [0.25, 0.3) is 0 Å². The van der Waals surface area contributed by atoms with Crippen molar-refractivity contribution in [3.05, 3.63) is 65.0 Å². The second-order valence-corrected chi connectivity index (χ2v) is 4.57. The number of aromatic hydroxyl groups is 1. The Hall–Kier alpha value is -2.20. The number of hydrogen-bond acceptors (Lipinski definition) is 3. The van der Waals surface area contributed by atoms with Gasteiger partial charge in [0, 0.05) is 22.9 Å². The number of ketones is 1. The number of nitrogens with two attached hydrogens (primary N) is 1. The maximum Gasteiger partial charge on any atom is 0.199 e. The summed E-state index contributed by atoms with van der Waals surface area (Å²) in [5.41, 5.74) is 6.06. The van der Waals surface area contributed by atoms with E-state index in [4.69, 9.17) is 5.73 Å². The monoisotopic (exact) mass is 281 g/mol. The minimum absolute atomic E-state index is 0. The third kappa shape index (κ3) is 2.56. The summed E-state index contributed by atoms with van der Waals surface area (Å²) in [4.78, 5) is 12.3. The zero-order chi connectivity index (χ0) is 14.7. The Morgan fingerprint density at radius 3 is 2.55 bits per heavy atom. The van der Waals surface area contributed by atoms with Crippen LogP contribution in [-0.2, 0) is 0 Å². The van der Waals surface area contributed by atoms with Crippen molar-refractivity contribution in [2.45, 2.75) is 19.4 Å². The summed E-state index contributed by atoms with van der Waals surface area (Å²) in [6, 6.07) is 10.5. The molecule has 20 heavy (non-hydrogen) atoms. The minimum atomic E-state index is -0.742. The zero-order valence-electron chi connectivity index (χ0n) is 11.1. The summed E-state index contributed by atoms with van der Waals surface area (Å²) in [7, 11) is 0. The molecule has 0 aliphatic heterocycles. The van der Waals surface area contributed by atoms with E-state index in [1.807, 2.05) is 6.92 Å². The van der Waals surface area contributed by atoms with Gasteiger partial charge in [0.1, 0.15) is 17.1 Å². The lowest BCUT2D eigenvalue weighted by molar-refractivity contribution is 0.103. The highest BCUT2D eigenvalue weighted by molar-refractivity contribution is 6.10. The highest BCUT2D eigenvalue weighted by Gasteiger charge is 2.23. The van der Waals surface area contributed by atoms with Gasteiger partial charge in [-0.3, -0.25) is 4.79 Å². The van der Waals surface area contributed by atoms with Crippen LogP contribution in [0, 0.1) is 5.82 Å². The number of carbonyl (C=O) groups is 1. The summed E-state index contributed by atoms with van der Waals surface area (Å²) in [5, 5.41) is 9.80. The van der Waals surface area contributed by atoms with E-state index in [0.717, 1.165) is 0 Å². The molecule has 0 bridgehead atoms. The van der Waals surface area contributed by atoms with Crippen LogP contribution in [-0.4, -0.2) is 10.9 Å². The first-order chi connectivity index (χ1) is 9.56. The van der Waals surface area contributed by atoms with Gasteiger partial charge in [0.25, 0.3) is 0 Å². The molecule has 2 aromatic carbocycles. The smallest absolute Gasteiger partial charge is 0.199 e. The van der Waals surface area contributed by atoms with Crippen LogP contribution in [0.15, 0.2) is 42.5 Å². The first kappa shape index (κ1) is 14.2. The molecule has 3 N–H and O–H groups in total. The SMILES string of the molecule is CC[C@@H](N)c1ccc(O)c(C(=O)c2ccccc2)c1F.[HH].[HH].[HH].[HH]. The van der Waals surface area contributed by atoms with Gasteiger partial charge in [0.2, 0.25) is 0 Å². The van der Waals surface area contributed by atoms with Crippen molar-refractivity contribution in [1.82, 2.24) is 0 Å². The van der Waals surface area contributed by atoms with E-state index in [2.05, 4.69) is 0 Å². The summed E-state index contributed by atoms with van der Waals surface area (Å²) in [6.07, 6.45) is 0.542. The Labute approximate surface area is 122 Å². The van der Waals surface area contributed by atoms with E-state index in [9.17, 15) is 14.3 Å². The summed E-state index contributed by atoms with van der Waals surface area (Å²) >= 11 is 0. The highest BCUT2D eigenvalue weighted by atomic mass is 19.1. The predicted molar refractivity (Wildman–Crippen MR) is 83.6 cm³/mol. The van der Waals surface area contributed by atoms with Crippen molar-refractivity contribution < 1.29 is 20.0 Å². The van der Waals surface area contributed by atoms with Crippen LogP contribution in [0.4, 0.5) is 4.39 Å². The number of benzene rings is 2. The van der Waals surface area contributed by atoms with E-state index in [-0.39, 0.29) is 22.6 Å². The van der Waals surface area contributed by atoms with Gasteiger partial charge in [-0.1, -0.05) is 43.3 Å². The molecule has 0 unspecified atom stereocenters. The van der Waals surface area contributed by atoms with Crippen molar-refractivity contribution in [3.8, 4) is 5.75 Å². The Morgan fingerprint density at radius 2 is 1.95 bits per heavy atom. The van der Waals surface area contributed by atoms with Crippen LogP contribution >= 0.6 is 0 Å². The fourth-order valence-corrected chi connectivity index (χ4v) is 2.04. The molecular weight excluding hydrogens is 257 g/mol. The maximum absolute atomic E-state index is 14.4. The molecule has 0 heterocycles. The van der Waals surface area contributed by atoms with E-state index < -0.39 is 17.6 Å². The number of hydrogen-bond donors (Lipinski definition) is 2. The second-order valence-electron chi connectivity index (χ2n) is 4.57. The van der Waals surface area contributed by atoms with Gasteiger partial charge >= 0.3 is 0 Å².